The second kappa shape index (κ2) is 8.16. The van der Waals surface area contributed by atoms with Crippen LogP contribution in [-0.2, 0) is 9.59 Å². The van der Waals surface area contributed by atoms with Crippen molar-refractivity contribution in [3.05, 3.63) is 90.0 Å². The third-order valence-corrected chi connectivity index (χ3v) is 4.79. The highest BCUT2D eigenvalue weighted by molar-refractivity contribution is 6.51. The molecular weight excluding hydrogens is 382 g/mol. The molecule has 0 bridgehead atoms. The maximum Gasteiger partial charge on any atom is 0.300 e. The molecule has 1 aromatic carbocycles. The first-order valence-corrected chi connectivity index (χ1v) is 9.47. The highest BCUT2D eigenvalue weighted by Gasteiger charge is 2.47. The van der Waals surface area contributed by atoms with E-state index < -0.39 is 17.7 Å². The lowest BCUT2D eigenvalue weighted by Gasteiger charge is -2.24. The van der Waals surface area contributed by atoms with E-state index in [4.69, 9.17) is 4.74 Å². The number of Topliss-reactive ketones (excluding diaryl/α,β-unsaturated/α-hetero) is 1. The minimum Gasteiger partial charge on any atom is -0.507 e. The van der Waals surface area contributed by atoms with Gasteiger partial charge < -0.3 is 9.84 Å². The third-order valence-electron chi connectivity index (χ3n) is 4.79. The van der Waals surface area contributed by atoms with E-state index in [1.54, 1.807) is 60.8 Å². The summed E-state index contributed by atoms with van der Waals surface area (Å²) in [6, 6.07) is 14.4. The maximum absolute atomic E-state index is 13.0. The molecule has 0 spiro atoms. The number of ketones is 1. The molecule has 30 heavy (non-hydrogen) atoms. The van der Waals surface area contributed by atoms with E-state index in [9.17, 15) is 14.7 Å². The van der Waals surface area contributed by atoms with Gasteiger partial charge >= 0.3 is 0 Å². The van der Waals surface area contributed by atoms with Gasteiger partial charge in [-0.15, -0.1) is 0 Å². The summed E-state index contributed by atoms with van der Waals surface area (Å²) in [4.78, 5) is 35.6. The van der Waals surface area contributed by atoms with E-state index in [1.807, 2.05) is 6.92 Å². The summed E-state index contributed by atoms with van der Waals surface area (Å²) >= 11 is 0. The van der Waals surface area contributed by atoms with Gasteiger partial charge in [-0.25, -0.2) is 0 Å². The fourth-order valence-corrected chi connectivity index (χ4v) is 3.45. The van der Waals surface area contributed by atoms with Crippen LogP contribution in [0.15, 0.2) is 78.8 Å². The van der Waals surface area contributed by atoms with Gasteiger partial charge in [0.2, 0.25) is 0 Å². The summed E-state index contributed by atoms with van der Waals surface area (Å²) in [7, 11) is 0. The van der Waals surface area contributed by atoms with Gasteiger partial charge in [-0.1, -0.05) is 6.07 Å². The molecule has 0 radical (unpaired) electrons. The van der Waals surface area contributed by atoms with Gasteiger partial charge in [0.15, 0.2) is 0 Å². The quantitative estimate of drug-likeness (QED) is 0.400. The van der Waals surface area contributed by atoms with Crippen LogP contribution in [0.1, 0.15) is 24.2 Å². The van der Waals surface area contributed by atoms with Crippen LogP contribution in [0.3, 0.4) is 0 Å². The zero-order valence-electron chi connectivity index (χ0n) is 16.2. The van der Waals surface area contributed by atoms with Gasteiger partial charge in [-0.05, 0) is 55.5 Å². The highest BCUT2D eigenvalue weighted by atomic mass is 16.5. The van der Waals surface area contributed by atoms with Crippen molar-refractivity contribution in [3.63, 3.8) is 0 Å². The second-order valence-electron chi connectivity index (χ2n) is 6.59. The molecule has 1 unspecified atom stereocenters. The molecule has 3 heterocycles. The van der Waals surface area contributed by atoms with Gasteiger partial charge in [0.05, 0.1) is 17.9 Å². The summed E-state index contributed by atoms with van der Waals surface area (Å²) in [5.74, 6) is -1.11. The summed E-state index contributed by atoms with van der Waals surface area (Å²) in [6.07, 6.45) is 4.60. The van der Waals surface area contributed by atoms with E-state index in [-0.39, 0.29) is 11.3 Å². The van der Waals surface area contributed by atoms with E-state index in [0.717, 1.165) is 0 Å². The normalized spacial score (nSPS) is 17.9. The number of rotatable bonds is 5. The Hall–Kier alpha value is -4.00. The molecule has 4 rings (SSSR count). The van der Waals surface area contributed by atoms with Gasteiger partial charge in [-0.2, -0.15) is 0 Å². The zero-order chi connectivity index (χ0) is 21.1. The maximum atomic E-state index is 13.0. The fraction of sp³-hybridized carbons (Fsp3) is 0.130. The highest BCUT2D eigenvalue weighted by Crippen LogP contribution is 2.41. The molecule has 1 atom stereocenters. The van der Waals surface area contributed by atoms with Crippen molar-refractivity contribution < 1.29 is 19.4 Å². The van der Waals surface area contributed by atoms with Crippen LogP contribution in [0.25, 0.3) is 5.76 Å². The van der Waals surface area contributed by atoms with Gasteiger partial charge in [-0.3, -0.25) is 24.5 Å². The Morgan fingerprint density at radius 1 is 1.03 bits per heavy atom. The van der Waals surface area contributed by atoms with Gasteiger partial charge in [0, 0.05) is 29.8 Å². The van der Waals surface area contributed by atoms with Crippen LogP contribution >= 0.6 is 0 Å². The fourth-order valence-electron chi connectivity index (χ4n) is 3.45. The Labute approximate surface area is 173 Å². The summed E-state index contributed by atoms with van der Waals surface area (Å²) in [5.41, 5.74) is 1.36. The van der Waals surface area contributed by atoms with E-state index >= 15 is 0 Å². The van der Waals surface area contributed by atoms with E-state index in [2.05, 4.69) is 9.97 Å². The van der Waals surface area contributed by atoms with Crippen molar-refractivity contribution in [1.82, 2.24) is 9.97 Å². The zero-order valence-corrected chi connectivity index (χ0v) is 16.2. The molecule has 0 aliphatic carbocycles. The first kappa shape index (κ1) is 19.3. The smallest absolute Gasteiger partial charge is 0.300 e. The average molecular weight is 401 g/mol. The number of aromatic nitrogens is 2. The molecular formula is C23H19N3O4. The van der Waals surface area contributed by atoms with Crippen LogP contribution < -0.4 is 9.64 Å². The first-order chi connectivity index (χ1) is 14.6. The van der Waals surface area contributed by atoms with Crippen molar-refractivity contribution in [2.24, 2.45) is 0 Å². The number of hydrogen-bond acceptors (Lipinski definition) is 6. The summed E-state index contributed by atoms with van der Waals surface area (Å²) in [6.45, 7) is 2.40. The van der Waals surface area contributed by atoms with Gasteiger partial charge in [0.25, 0.3) is 11.7 Å². The number of amides is 1. The lowest BCUT2D eigenvalue weighted by molar-refractivity contribution is -0.132. The van der Waals surface area contributed by atoms with Crippen molar-refractivity contribution in [2.45, 2.75) is 13.0 Å². The topological polar surface area (TPSA) is 92.6 Å². The Bertz CT molecular complexity index is 1100. The van der Waals surface area contributed by atoms with E-state index in [1.165, 1.54) is 17.3 Å². The molecule has 0 saturated carbocycles. The molecule has 1 fully saturated rings. The second-order valence-corrected chi connectivity index (χ2v) is 6.59. The molecule has 150 valence electrons. The number of aliphatic hydroxyl groups excluding tert-OH is 1. The standard InChI is InChI=1S/C23H19N3O4/c1-2-30-17-8-6-16(7-9-17)26-20(18-5-3-4-12-25-18)19(22(28)23(26)29)21(27)15-10-13-24-14-11-15/h3-14,20,27H,2H2,1H3/b21-19-. The first-order valence-electron chi connectivity index (χ1n) is 9.47. The summed E-state index contributed by atoms with van der Waals surface area (Å²) in [5, 5.41) is 10.9. The minimum atomic E-state index is -0.864. The number of anilines is 1. The molecule has 1 saturated heterocycles. The number of ether oxygens (including phenoxy) is 1. The molecule has 1 amide bonds. The predicted octanol–water partition coefficient (Wildman–Crippen LogP) is 3.50. The number of benzene rings is 1. The lowest BCUT2D eigenvalue weighted by atomic mass is 9.98. The summed E-state index contributed by atoms with van der Waals surface area (Å²) < 4.78 is 5.46. The number of carbonyl (C=O) groups excluding carboxylic acids is 2. The molecule has 7 nitrogen and oxygen atoms in total. The molecule has 1 N–H and O–H groups in total. The third kappa shape index (κ3) is 3.41. The lowest BCUT2D eigenvalue weighted by Crippen LogP contribution is -2.29. The number of nitrogens with zero attached hydrogens (tertiary/aromatic N) is 3. The minimum absolute atomic E-state index is 0.0150. The Morgan fingerprint density at radius 3 is 2.40 bits per heavy atom. The monoisotopic (exact) mass is 401 g/mol. The van der Waals surface area contributed by atoms with Crippen molar-refractivity contribution >= 4 is 23.1 Å². The number of aliphatic hydroxyl groups is 1. The number of carbonyl (C=O) groups is 2. The van der Waals surface area contributed by atoms with Crippen molar-refractivity contribution in [2.75, 3.05) is 11.5 Å². The Morgan fingerprint density at radius 2 is 1.77 bits per heavy atom. The van der Waals surface area contributed by atoms with Gasteiger partial charge in [0.1, 0.15) is 17.6 Å². The molecule has 1 aliphatic heterocycles. The molecule has 3 aromatic rings. The molecule has 7 heteroatoms. The van der Waals surface area contributed by atoms with E-state index in [0.29, 0.717) is 29.3 Å². The average Bonchev–Trinajstić information content (AvgIpc) is 3.06. The van der Waals surface area contributed by atoms with Crippen molar-refractivity contribution in [3.8, 4) is 5.75 Å². The van der Waals surface area contributed by atoms with Crippen LogP contribution in [0.5, 0.6) is 5.75 Å². The largest absolute Gasteiger partial charge is 0.507 e. The van der Waals surface area contributed by atoms with Crippen LogP contribution in [0.2, 0.25) is 0 Å². The predicted molar refractivity (Wildman–Crippen MR) is 111 cm³/mol. The van der Waals surface area contributed by atoms with Crippen LogP contribution in [-0.4, -0.2) is 33.4 Å². The molecule has 2 aromatic heterocycles. The molecule has 1 aliphatic rings. The number of pyridine rings is 2. The number of hydrogen-bond donors (Lipinski definition) is 1. The van der Waals surface area contributed by atoms with Crippen LogP contribution in [0, 0.1) is 0 Å². The Kier molecular flexibility index (Phi) is 5.26. The van der Waals surface area contributed by atoms with Crippen molar-refractivity contribution in [1.29, 1.82) is 0 Å². The Balaban J connectivity index is 1.87. The SMILES string of the molecule is CCOc1ccc(N2C(=O)C(=O)/C(=C(\O)c3ccncc3)C2c2ccccn2)cc1. The van der Waals surface area contributed by atoms with Crippen LogP contribution in [0.4, 0.5) is 5.69 Å².